The van der Waals surface area contributed by atoms with Gasteiger partial charge in [-0.25, -0.2) is 4.98 Å². The molecule has 0 bridgehead atoms. The fraction of sp³-hybridized carbons (Fsp3) is 0.348. The number of fused-ring (bicyclic) bond motifs is 1. The van der Waals surface area contributed by atoms with E-state index in [-0.39, 0.29) is 23.6 Å². The molecule has 2 heterocycles. The molecule has 1 aliphatic heterocycles. The number of aromatic nitrogens is 2. The number of carbonyl (C=O) groups is 1. The number of para-hydroxylation sites is 1. The van der Waals surface area contributed by atoms with Crippen molar-refractivity contribution in [2.24, 2.45) is 7.05 Å². The van der Waals surface area contributed by atoms with E-state index in [0.29, 0.717) is 46.1 Å². The average Bonchev–Trinajstić information content (AvgIpc) is 2.77. The van der Waals surface area contributed by atoms with Gasteiger partial charge in [0.25, 0.3) is 11.5 Å². The summed E-state index contributed by atoms with van der Waals surface area (Å²) >= 11 is 12.1. The summed E-state index contributed by atoms with van der Waals surface area (Å²) in [7, 11) is 1.76. The Kier molecular flexibility index (Phi) is 6.06. The molecular weight excluding hydrogens is 435 g/mol. The smallest absolute Gasteiger partial charge is 0.261 e. The predicted molar refractivity (Wildman–Crippen MR) is 124 cm³/mol. The number of rotatable bonds is 3. The van der Waals surface area contributed by atoms with Crippen LogP contribution in [0.15, 0.2) is 47.3 Å². The highest BCUT2D eigenvalue weighted by Gasteiger charge is 2.32. The van der Waals surface area contributed by atoms with Crippen molar-refractivity contribution in [2.75, 3.05) is 19.6 Å². The molecule has 1 saturated heterocycles. The minimum Gasteiger partial charge on any atom is -0.333 e. The lowest BCUT2D eigenvalue weighted by Crippen LogP contribution is -2.54. The molecule has 1 aromatic heterocycles. The third-order valence-corrected chi connectivity index (χ3v) is 6.76. The van der Waals surface area contributed by atoms with Gasteiger partial charge in [0.05, 0.1) is 27.0 Å². The van der Waals surface area contributed by atoms with Gasteiger partial charge in [-0.3, -0.25) is 19.1 Å². The number of benzene rings is 2. The summed E-state index contributed by atoms with van der Waals surface area (Å²) < 4.78 is 1.63. The SMILES string of the molecule is CC(c1nc2ccccc2c(=O)n1C)N1CCN(C(=O)c2ccc(Cl)c(Cl)c2)C(C)C1. The topological polar surface area (TPSA) is 58.4 Å². The number of piperazine rings is 1. The molecule has 0 N–H and O–H groups in total. The van der Waals surface area contributed by atoms with Crippen molar-refractivity contribution in [1.29, 1.82) is 0 Å². The number of hydrogen-bond donors (Lipinski definition) is 0. The zero-order valence-electron chi connectivity index (χ0n) is 17.7. The van der Waals surface area contributed by atoms with Gasteiger partial charge < -0.3 is 4.90 Å². The van der Waals surface area contributed by atoms with Crippen LogP contribution in [0, 0.1) is 0 Å². The molecule has 2 unspecified atom stereocenters. The average molecular weight is 459 g/mol. The van der Waals surface area contributed by atoms with Crippen LogP contribution in [-0.4, -0.2) is 50.9 Å². The predicted octanol–water partition coefficient (Wildman–Crippen LogP) is 4.15. The number of hydrogen-bond acceptors (Lipinski definition) is 4. The van der Waals surface area contributed by atoms with Crippen LogP contribution < -0.4 is 5.56 Å². The minimum absolute atomic E-state index is 0.00404. The molecule has 8 heteroatoms. The first-order chi connectivity index (χ1) is 14.8. The Morgan fingerprint density at radius 3 is 2.58 bits per heavy atom. The number of nitrogens with zero attached hydrogens (tertiary/aromatic N) is 4. The van der Waals surface area contributed by atoms with Crippen molar-refractivity contribution >= 4 is 40.0 Å². The van der Waals surface area contributed by atoms with E-state index < -0.39 is 0 Å². The Labute approximate surface area is 191 Å². The van der Waals surface area contributed by atoms with Gasteiger partial charge in [0.2, 0.25) is 0 Å². The van der Waals surface area contributed by atoms with Crippen LogP contribution in [0.3, 0.4) is 0 Å². The van der Waals surface area contributed by atoms with E-state index in [1.165, 1.54) is 0 Å². The van der Waals surface area contributed by atoms with Gasteiger partial charge in [-0.2, -0.15) is 0 Å². The maximum atomic E-state index is 13.0. The molecule has 4 rings (SSSR count). The molecule has 0 aliphatic carbocycles. The molecule has 2 aromatic carbocycles. The number of halogens is 2. The molecular formula is C23H24Cl2N4O2. The molecule has 31 heavy (non-hydrogen) atoms. The van der Waals surface area contributed by atoms with Crippen LogP contribution in [-0.2, 0) is 7.05 Å². The monoisotopic (exact) mass is 458 g/mol. The lowest BCUT2D eigenvalue weighted by molar-refractivity contribution is 0.0392. The molecule has 0 radical (unpaired) electrons. The van der Waals surface area contributed by atoms with E-state index in [2.05, 4.69) is 11.8 Å². The third-order valence-electron chi connectivity index (χ3n) is 6.03. The molecule has 3 aromatic rings. The van der Waals surface area contributed by atoms with Crippen molar-refractivity contribution in [1.82, 2.24) is 19.4 Å². The van der Waals surface area contributed by atoms with E-state index in [4.69, 9.17) is 28.2 Å². The molecule has 1 aliphatic rings. The van der Waals surface area contributed by atoms with Crippen molar-refractivity contribution < 1.29 is 4.79 Å². The van der Waals surface area contributed by atoms with Gasteiger partial charge in [-0.15, -0.1) is 0 Å². The van der Waals surface area contributed by atoms with Crippen molar-refractivity contribution in [3.63, 3.8) is 0 Å². The van der Waals surface area contributed by atoms with Crippen molar-refractivity contribution in [3.8, 4) is 0 Å². The molecule has 0 saturated carbocycles. The molecule has 1 amide bonds. The lowest BCUT2D eigenvalue weighted by Gasteiger charge is -2.42. The second-order valence-corrected chi connectivity index (χ2v) is 8.81. The first kappa shape index (κ1) is 21.8. The van der Waals surface area contributed by atoms with Crippen LogP contribution in [0.4, 0.5) is 0 Å². The highest BCUT2D eigenvalue weighted by molar-refractivity contribution is 6.42. The van der Waals surface area contributed by atoms with E-state index in [1.807, 2.05) is 30.0 Å². The largest absolute Gasteiger partial charge is 0.333 e. The second-order valence-electron chi connectivity index (χ2n) is 8.00. The van der Waals surface area contributed by atoms with Crippen LogP contribution in [0.1, 0.15) is 36.1 Å². The van der Waals surface area contributed by atoms with Gasteiger partial charge in [-0.05, 0) is 44.2 Å². The molecule has 162 valence electrons. The van der Waals surface area contributed by atoms with Crippen LogP contribution >= 0.6 is 23.2 Å². The van der Waals surface area contributed by atoms with Crippen LogP contribution in [0.2, 0.25) is 10.0 Å². The maximum Gasteiger partial charge on any atom is 0.261 e. The Morgan fingerprint density at radius 1 is 1.13 bits per heavy atom. The first-order valence-corrected chi connectivity index (χ1v) is 11.0. The van der Waals surface area contributed by atoms with Crippen molar-refractivity contribution in [2.45, 2.75) is 25.9 Å². The quantitative estimate of drug-likeness (QED) is 0.591. The summed E-state index contributed by atoms with van der Waals surface area (Å²) in [5.74, 6) is 0.662. The zero-order chi connectivity index (χ0) is 22.3. The summed E-state index contributed by atoms with van der Waals surface area (Å²) in [6.07, 6.45) is 0. The van der Waals surface area contributed by atoms with Gasteiger partial charge in [0.1, 0.15) is 5.82 Å². The van der Waals surface area contributed by atoms with E-state index in [0.717, 1.165) is 5.82 Å². The fourth-order valence-electron chi connectivity index (χ4n) is 4.21. The third kappa shape index (κ3) is 4.07. The lowest BCUT2D eigenvalue weighted by atomic mass is 10.1. The standard InChI is InChI=1S/C23H24Cl2N4O2/c1-14-13-28(10-11-29(14)22(30)16-8-9-18(24)19(25)12-16)15(2)21-26-20-7-5-4-6-17(20)23(31)27(21)3/h4-9,12,14-15H,10-11,13H2,1-3H3. The van der Waals surface area contributed by atoms with Crippen molar-refractivity contribution in [3.05, 3.63) is 74.3 Å². The summed E-state index contributed by atoms with van der Waals surface area (Å²) in [6.45, 7) is 6.02. The highest BCUT2D eigenvalue weighted by atomic mass is 35.5. The van der Waals surface area contributed by atoms with E-state index in [9.17, 15) is 9.59 Å². The Bertz CT molecular complexity index is 1210. The highest BCUT2D eigenvalue weighted by Crippen LogP contribution is 2.26. The van der Waals surface area contributed by atoms with Crippen LogP contribution in [0.5, 0.6) is 0 Å². The van der Waals surface area contributed by atoms with Gasteiger partial charge in [0.15, 0.2) is 0 Å². The van der Waals surface area contributed by atoms with Crippen LogP contribution in [0.25, 0.3) is 10.9 Å². The summed E-state index contributed by atoms with van der Waals surface area (Å²) in [4.78, 5) is 34.7. The minimum atomic E-state index is -0.0630. The first-order valence-electron chi connectivity index (χ1n) is 10.2. The normalized spacial score (nSPS) is 18.4. The zero-order valence-corrected chi connectivity index (χ0v) is 19.2. The van der Waals surface area contributed by atoms with Gasteiger partial charge >= 0.3 is 0 Å². The van der Waals surface area contributed by atoms with Gasteiger partial charge in [0, 0.05) is 38.3 Å². The van der Waals surface area contributed by atoms with E-state index >= 15 is 0 Å². The second kappa shape index (κ2) is 8.61. The summed E-state index contributed by atoms with van der Waals surface area (Å²) in [6, 6.07) is 12.3. The summed E-state index contributed by atoms with van der Waals surface area (Å²) in [5.41, 5.74) is 1.18. The van der Waals surface area contributed by atoms with Gasteiger partial charge in [-0.1, -0.05) is 35.3 Å². The summed E-state index contributed by atoms with van der Waals surface area (Å²) in [5, 5.41) is 1.42. The Hall–Kier alpha value is -2.41. The molecule has 1 fully saturated rings. The number of carbonyl (C=O) groups excluding carboxylic acids is 1. The maximum absolute atomic E-state index is 13.0. The van der Waals surface area contributed by atoms with E-state index in [1.54, 1.807) is 35.9 Å². The Balaban J connectivity index is 1.54. The Morgan fingerprint density at radius 2 is 1.87 bits per heavy atom. The molecule has 0 spiro atoms. The fourth-order valence-corrected chi connectivity index (χ4v) is 4.50. The molecule has 2 atom stereocenters. The molecule has 6 nitrogen and oxygen atoms in total. The number of amides is 1.